The molecule has 0 aliphatic rings. The third-order valence-corrected chi connectivity index (χ3v) is 3.08. The van der Waals surface area contributed by atoms with Crippen LogP contribution in [0.25, 0.3) is 0 Å². The van der Waals surface area contributed by atoms with Crippen LogP contribution in [0.1, 0.15) is 56.4 Å². The average Bonchev–Trinajstić information content (AvgIpc) is 2.29. The van der Waals surface area contributed by atoms with Gasteiger partial charge in [0.1, 0.15) is 5.82 Å². The standard InChI is InChI=1S/C15H27N3/c1-6-7-8-15-17-12(4)14(13(5)18-15)10-16-9-11(2)3/h11,16H,6-10H2,1-5H3. The van der Waals surface area contributed by atoms with Crippen molar-refractivity contribution >= 4 is 0 Å². The summed E-state index contributed by atoms with van der Waals surface area (Å²) in [6.45, 7) is 12.7. The van der Waals surface area contributed by atoms with Gasteiger partial charge in [-0.3, -0.25) is 0 Å². The van der Waals surface area contributed by atoms with E-state index in [1.54, 1.807) is 0 Å². The molecule has 0 aliphatic carbocycles. The van der Waals surface area contributed by atoms with Crippen LogP contribution in [0.5, 0.6) is 0 Å². The fourth-order valence-corrected chi connectivity index (χ4v) is 2.00. The van der Waals surface area contributed by atoms with Gasteiger partial charge in [0, 0.05) is 29.9 Å². The van der Waals surface area contributed by atoms with Gasteiger partial charge in [0.25, 0.3) is 0 Å². The SMILES string of the molecule is CCCCc1nc(C)c(CNCC(C)C)c(C)n1. The molecule has 0 spiro atoms. The van der Waals surface area contributed by atoms with Crippen LogP contribution < -0.4 is 5.32 Å². The highest BCUT2D eigenvalue weighted by Gasteiger charge is 2.08. The number of nitrogens with zero attached hydrogens (tertiary/aromatic N) is 2. The van der Waals surface area contributed by atoms with E-state index < -0.39 is 0 Å². The Hall–Kier alpha value is -0.960. The Labute approximate surface area is 111 Å². The molecule has 0 saturated carbocycles. The van der Waals surface area contributed by atoms with Crippen molar-refractivity contribution in [2.24, 2.45) is 5.92 Å². The molecular weight excluding hydrogens is 222 g/mol. The van der Waals surface area contributed by atoms with Gasteiger partial charge in [-0.05, 0) is 32.7 Å². The van der Waals surface area contributed by atoms with Gasteiger partial charge < -0.3 is 5.32 Å². The molecule has 0 amide bonds. The number of nitrogens with one attached hydrogen (secondary N) is 1. The van der Waals surface area contributed by atoms with E-state index in [-0.39, 0.29) is 0 Å². The maximum atomic E-state index is 4.62. The zero-order chi connectivity index (χ0) is 13.5. The van der Waals surface area contributed by atoms with Crippen molar-refractivity contribution in [1.29, 1.82) is 0 Å². The second kappa shape index (κ2) is 7.47. The Morgan fingerprint density at radius 3 is 2.22 bits per heavy atom. The minimum absolute atomic E-state index is 0.676. The molecule has 0 aliphatic heterocycles. The van der Waals surface area contributed by atoms with Crippen molar-refractivity contribution in [3.8, 4) is 0 Å². The van der Waals surface area contributed by atoms with Crippen molar-refractivity contribution < 1.29 is 0 Å². The predicted molar refractivity (Wildman–Crippen MR) is 76.7 cm³/mol. The van der Waals surface area contributed by atoms with E-state index in [4.69, 9.17) is 0 Å². The molecule has 0 saturated heterocycles. The Kier molecular flexibility index (Phi) is 6.27. The minimum Gasteiger partial charge on any atom is -0.312 e. The molecule has 1 N–H and O–H groups in total. The summed E-state index contributed by atoms with van der Waals surface area (Å²) >= 11 is 0. The van der Waals surface area contributed by atoms with Crippen LogP contribution >= 0.6 is 0 Å². The quantitative estimate of drug-likeness (QED) is 0.806. The van der Waals surface area contributed by atoms with E-state index in [9.17, 15) is 0 Å². The number of aromatic nitrogens is 2. The summed E-state index contributed by atoms with van der Waals surface area (Å²) in [6.07, 6.45) is 3.36. The molecule has 0 fully saturated rings. The Morgan fingerprint density at radius 1 is 1.11 bits per heavy atom. The number of hydrogen-bond donors (Lipinski definition) is 1. The van der Waals surface area contributed by atoms with Crippen LogP contribution in [0.4, 0.5) is 0 Å². The van der Waals surface area contributed by atoms with Gasteiger partial charge in [0.05, 0.1) is 0 Å². The monoisotopic (exact) mass is 249 g/mol. The van der Waals surface area contributed by atoms with E-state index in [1.807, 2.05) is 0 Å². The fourth-order valence-electron chi connectivity index (χ4n) is 2.00. The minimum atomic E-state index is 0.676. The average molecular weight is 249 g/mol. The lowest BCUT2D eigenvalue weighted by atomic mass is 10.1. The van der Waals surface area contributed by atoms with Gasteiger partial charge >= 0.3 is 0 Å². The summed E-state index contributed by atoms with van der Waals surface area (Å²) in [4.78, 5) is 9.24. The van der Waals surface area contributed by atoms with Gasteiger partial charge in [-0.25, -0.2) is 9.97 Å². The first-order valence-corrected chi connectivity index (χ1v) is 7.08. The predicted octanol–water partition coefficient (Wildman–Crippen LogP) is 3.18. The number of hydrogen-bond acceptors (Lipinski definition) is 3. The normalized spacial score (nSPS) is 11.2. The van der Waals surface area contributed by atoms with Gasteiger partial charge in [-0.15, -0.1) is 0 Å². The molecule has 0 atom stereocenters. The summed E-state index contributed by atoms with van der Waals surface area (Å²) in [5, 5.41) is 3.47. The maximum absolute atomic E-state index is 4.62. The summed E-state index contributed by atoms with van der Waals surface area (Å²) in [5.74, 6) is 1.68. The molecule has 3 nitrogen and oxygen atoms in total. The van der Waals surface area contributed by atoms with Crippen LogP contribution in [-0.2, 0) is 13.0 Å². The topological polar surface area (TPSA) is 37.8 Å². The maximum Gasteiger partial charge on any atom is 0.128 e. The second-order valence-corrected chi connectivity index (χ2v) is 5.42. The second-order valence-electron chi connectivity index (χ2n) is 5.42. The number of aryl methyl sites for hydroxylation is 3. The Bertz CT molecular complexity index is 349. The van der Waals surface area contributed by atoms with E-state index >= 15 is 0 Å². The molecule has 102 valence electrons. The van der Waals surface area contributed by atoms with Crippen molar-refractivity contribution in [2.75, 3.05) is 6.54 Å². The lowest BCUT2D eigenvalue weighted by Gasteiger charge is -2.12. The van der Waals surface area contributed by atoms with Crippen LogP contribution in [0.3, 0.4) is 0 Å². The zero-order valence-electron chi connectivity index (χ0n) is 12.5. The Balaban J connectivity index is 2.68. The molecule has 1 aromatic rings. The van der Waals surface area contributed by atoms with E-state index in [1.165, 1.54) is 18.4 Å². The highest BCUT2D eigenvalue weighted by molar-refractivity contribution is 5.24. The van der Waals surface area contributed by atoms with Gasteiger partial charge in [-0.2, -0.15) is 0 Å². The molecule has 3 heteroatoms. The lowest BCUT2D eigenvalue weighted by Crippen LogP contribution is -2.21. The van der Waals surface area contributed by atoms with Crippen molar-refractivity contribution in [3.63, 3.8) is 0 Å². The number of rotatable bonds is 7. The largest absolute Gasteiger partial charge is 0.312 e. The first-order valence-electron chi connectivity index (χ1n) is 7.08. The van der Waals surface area contributed by atoms with Crippen molar-refractivity contribution in [3.05, 3.63) is 22.8 Å². The van der Waals surface area contributed by atoms with Crippen LogP contribution in [0.2, 0.25) is 0 Å². The first-order chi connectivity index (χ1) is 8.54. The van der Waals surface area contributed by atoms with Crippen molar-refractivity contribution in [1.82, 2.24) is 15.3 Å². The van der Waals surface area contributed by atoms with Gasteiger partial charge in [-0.1, -0.05) is 27.2 Å². The third-order valence-electron chi connectivity index (χ3n) is 3.08. The Morgan fingerprint density at radius 2 is 1.72 bits per heavy atom. The molecule has 0 bridgehead atoms. The lowest BCUT2D eigenvalue weighted by molar-refractivity contribution is 0.548. The molecule has 1 rings (SSSR count). The van der Waals surface area contributed by atoms with E-state index in [0.717, 1.165) is 36.7 Å². The molecule has 1 heterocycles. The molecular formula is C15H27N3. The molecule has 1 aromatic heterocycles. The van der Waals surface area contributed by atoms with E-state index in [2.05, 4.69) is 49.9 Å². The summed E-state index contributed by atoms with van der Waals surface area (Å²) in [7, 11) is 0. The van der Waals surface area contributed by atoms with Gasteiger partial charge in [0.15, 0.2) is 0 Å². The summed E-state index contributed by atoms with van der Waals surface area (Å²) in [5.41, 5.74) is 3.52. The van der Waals surface area contributed by atoms with Crippen LogP contribution in [0, 0.1) is 19.8 Å². The summed E-state index contributed by atoms with van der Waals surface area (Å²) < 4.78 is 0. The van der Waals surface area contributed by atoms with Crippen LogP contribution in [0.15, 0.2) is 0 Å². The van der Waals surface area contributed by atoms with Gasteiger partial charge in [0.2, 0.25) is 0 Å². The van der Waals surface area contributed by atoms with E-state index in [0.29, 0.717) is 5.92 Å². The third kappa shape index (κ3) is 4.73. The van der Waals surface area contributed by atoms with Crippen LogP contribution in [-0.4, -0.2) is 16.5 Å². The highest BCUT2D eigenvalue weighted by Crippen LogP contribution is 2.11. The number of unbranched alkanes of at least 4 members (excludes halogenated alkanes) is 1. The molecule has 0 unspecified atom stereocenters. The first kappa shape index (κ1) is 15.1. The smallest absolute Gasteiger partial charge is 0.128 e. The summed E-state index contributed by atoms with van der Waals surface area (Å²) in [6, 6.07) is 0. The zero-order valence-corrected chi connectivity index (χ0v) is 12.5. The molecule has 18 heavy (non-hydrogen) atoms. The molecule has 0 aromatic carbocycles. The fraction of sp³-hybridized carbons (Fsp3) is 0.733. The molecule has 0 radical (unpaired) electrons. The highest BCUT2D eigenvalue weighted by atomic mass is 14.9. The van der Waals surface area contributed by atoms with Crippen molar-refractivity contribution in [2.45, 2.75) is 60.4 Å².